The first kappa shape index (κ1) is 11.4. The molecular formula is C10H11BrN6O. The molecule has 0 spiro atoms. The lowest BCUT2D eigenvalue weighted by atomic mass is 10.4. The van der Waals surface area contributed by atoms with Crippen molar-refractivity contribution in [2.45, 2.75) is 26.8 Å². The van der Waals surface area contributed by atoms with Crippen molar-refractivity contribution in [3.8, 4) is 0 Å². The minimum atomic E-state index is -0.209. The van der Waals surface area contributed by atoms with Gasteiger partial charge in [-0.15, -0.1) is 5.10 Å². The maximum Gasteiger partial charge on any atom is 0.352 e. The van der Waals surface area contributed by atoms with Gasteiger partial charge in [0.25, 0.3) is 0 Å². The summed E-state index contributed by atoms with van der Waals surface area (Å²) in [5.41, 5.74) is 1.63. The number of nitrogens with zero attached hydrogens (tertiary/aromatic N) is 5. The number of aryl methyl sites for hydroxylation is 2. The van der Waals surface area contributed by atoms with Gasteiger partial charge in [0.05, 0.1) is 0 Å². The maximum atomic E-state index is 12.3. The van der Waals surface area contributed by atoms with Crippen molar-refractivity contribution in [1.29, 1.82) is 0 Å². The second-order valence-electron chi connectivity index (χ2n) is 4.05. The summed E-state index contributed by atoms with van der Waals surface area (Å²) in [7, 11) is 0. The van der Waals surface area contributed by atoms with Crippen LogP contribution < -0.4 is 5.69 Å². The van der Waals surface area contributed by atoms with Crippen LogP contribution in [0.25, 0.3) is 16.8 Å². The predicted octanol–water partition coefficient (Wildman–Crippen LogP) is 1.25. The smallest absolute Gasteiger partial charge is 0.328 e. The molecule has 0 aliphatic heterocycles. The van der Waals surface area contributed by atoms with Crippen LogP contribution in [-0.4, -0.2) is 29.1 Å². The van der Waals surface area contributed by atoms with E-state index in [0.717, 1.165) is 11.9 Å². The molecule has 0 radical (unpaired) electrons. The molecule has 3 aromatic rings. The van der Waals surface area contributed by atoms with Crippen LogP contribution in [-0.2, 0) is 6.54 Å². The molecule has 3 heterocycles. The van der Waals surface area contributed by atoms with E-state index in [1.807, 2.05) is 6.92 Å². The fraction of sp³-hybridized carbons (Fsp3) is 0.400. The third-order valence-electron chi connectivity index (χ3n) is 2.71. The molecule has 0 bridgehead atoms. The van der Waals surface area contributed by atoms with Crippen LogP contribution in [0, 0.1) is 6.92 Å². The topological polar surface area (TPSA) is 80.9 Å². The van der Waals surface area contributed by atoms with Crippen molar-refractivity contribution in [1.82, 2.24) is 29.1 Å². The number of hydrogen-bond acceptors (Lipinski definition) is 4. The van der Waals surface area contributed by atoms with E-state index in [4.69, 9.17) is 0 Å². The first-order chi connectivity index (χ1) is 8.61. The van der Waals surface area contributed by atoms with E-state index < -0.39 is 0 Å². The summed E-state index contributed by atoms with van der Waals surface area (Å²) < 4.78 is 3.51. The summed E-state index contributed by atoms with van der Waals surface area (Å²) >= 11 is 3.29. The minimum Gasteiger partial charge on any atom is -0.328 e. The Hall–Kier alpha value is -1.70. The highest BCUT2D eigenvalue weighted by atomic mass is 79.9. The van der Waals surface area contributed by atoms with Crippen LogP contribution in [0.1, 0.15) is 19.2 Å². The van der Waals surface area contributed by atoms with Gasteiger partial charge in [-0.3, -0.25) is 4.57 Å². The number of halogens is 1. The number of nitrogens with one attached hydrogen (secondary N) is 1. The predicted molar refractivity (Wildman–Crippen MR) is 69.6 cm³/mol. The Labute approximate surface area is 110 Å². The maximum absolute atomic E-state index is 12.3. The van der Waals surface area contributed by atoms with Gasteiger partial charge in [-0.25, -0.2) is 14.8 Å². The molecule has 0 fully saturated rings. The van der Waals surface area contributed by atoms with Crippen molar-refractivity contribution in [2.75, 3.05) is 0 Å². The molecule has 8 heteroatoms. The van der Waals surface area contributed by atoms with Gasteiger partial charge < -0.3 is 4.98 Å². The second kappa shape index (κ2) is 3.91. The minimum absolute atomic E-state index is 0.209. The van der Waals surface area contributed by atoms with Crippen molar-refractivity contribution in [3.05, 3.63) is 21.0 Å². The highest BCUT2D eigenvalue weighted by Gasteiger charge is 2.16. The van der Waals surface area contributed by atoms with Gasteiger partial charge in [-0.1, -0.05) is 6.92 Å². The van der Waals surface area contributed by atoms with Gasteiger partial charge in [-0.2, -0.15) is 4.52 Å². The molecular weight excluding hydrogens is 300 g/mol. The normalized spacial score (nSPS) is 11.7. The van der Waals surface area contributed by atoms with E-state index in [9.17, 15) is 4.79 Å². The Morgan fingerprint density at radius 2 is 2.11 bits per heavy atom. The van der Waals surface area contributed by atoms with Crippen LogP contribution in [0.4, 0.5) is 0 Å². The van der Waals surface area contributed by atoms with Gasteiger partial charge >= 0.3 is 5.69 Å². The molecule has 0 atom stereocenters. The van der Waals surface area contributed by atoms with Crippen LogP contribution in [0.2, 0.25) is 0 Å². The summed E-state index contributed by atoms with van der Waals surface area (Å²) in [5.74, 6) is 0.563. The van der Waals surface area contributed by atoms with E-state index >= 15 is 0 Å². The zero-order valence-corrected chi connectivity index (χ0v) is 11.5. The third kappa shape index (κ3) is 1.48. The summed E-state index contributed by atoms with van der Waals surface area (Å²) in [6.45, 7) is 4.37. The van der Waals surface area contributed by atoms with E-state index in [1.54, 1.807) is 11.5 Å². The van der Waals surface area contributed by atoms with Gasteiger partial charge in [0.1, 0.15) is 11.3 Å². The molecule has 3 rings (SSSR count). The second-order valence-corrected chi connectivity index (χ2v) is 4.81. The van der Waals surface area contributed by atoms with E-state index in [2.05, 4.69) is 36.0 Å². The lowest BCUT2D eigenvalue weighted by Crippen LogP contribution is -2.28. The van der Waals surface area contributed by atoms with E-state index in [0.29, 0.717) is 28.4 Å². The van der Waals surface area contributed by atoms with Gasteiger partial charge in [0.2, 0.25) is 0 Å². The van der Waals surface area contributed by atoms with Crippen LogP contribution >= 0.6 is 15.9 Å². The SMILES string of the molecule is CCCn1c(=O)n2nc(C)nc2c2[nH]c(Br)nc21. The number of H-pyrrole nitrogens is 1. The molecule has 0 aliphatic carbocycles. The number of rotatable bonds is 2. The summed E-state index contributed by atoms with van der Waals surface area (Å²) in [4.78, 5) is 23.9. The number of hydrogen-bond donors (Lipinski definition) is 1. The molecule has 0 saturated carbocycles. The average Bonchev–Trinajstić information content (AvgIpc) is 2.87. The number of aromatic nitrogens is 6. The molecule has 0 aromatic carbocycles. The first-order valence-corrected chi connectivity index (χ1v) is 6.42. The molecule has 7 nitrogen and oxygen atoms in total. The zero-order chi connectivity index (χ0) is 12.9. The fourth-order valence-corrected chi connectivity index (χ4v) is 2.39. The monoisotopic (exact) mass is 310 g/mol. The van der Waals surface area contributed by atoms with Crippen molar-refractivity contribution < 1.29 is 0 Å². The van der Waals surface area contributed by atoms with E-state index in [1.165, 1.54) is 4.52 Å². The van der Waals surface area contributed by atoms with E-state index in [-0.39, 0.29) is 5.69 Å². The highest BCUT2D eigenvalue weighted by molar-refractivity contribution is 9.10. The van der Waals surface area contributed by atoms with Crippen molar-refractivity contribution in [3.63, 3.8) is 0 Å². The largest absolute Gasteiger partial charge is 0.352 e. The van der Waals surface area contributed by atoms with Crippen LogP contribution in [0.15, 0.2) is 9.53 Å². The molecule has 0 amide bonds. The van der Waals surface area contributed by atoms with Crippen molar-refractivity contribution >= 4 is 32.7 Å². The quantitative estimate of drug-likeness (QED) is 0.722. The lowest BCUT2D eigenvalue weighted by molar-refractivity contribution is 0.632. The van der Waals surface area contributed by atoms with Crippen molar-refractivity contribution in [2.24, 2.45) is 0 Å². The number of fused-ring (bicyclic) bond motifs is 3. The number of aromatic amines is 1. The Kier molecular flexibility index (Phi) is 2.47. The van der Waals surface area contributed by atoms with Gasteiger partial charge in [0.15, 0.2) is 16.0 Å². The molecule has 3 aromatic heterocycles. The lowest BCUT2D eigenvalue weighted by Gasteiger charge is -2.04. The Balaban J connectivity index is 2.56. The first-order valence-electron chi connectivity index (χ1n) is 5.63. The molecule has 94 valence electrons. The zero-order valence-electron chi connectivity index (χ0n) is 9.94. The summed E-state index contributed by atoms with van der Waals surface area (Å²) in [6, 6.07) is 0. The van der Waals surface area contributed by atoms with Gasteiger partial charge in [0, 0.05) is 6.54 Å². The molecule has 18 heavy (non-hydrogen) atoms. The Morgan fingerprint density at radius 3 is 2.83 bits per heavy atom. The Bertz CT molecular complexity index is 798. The fourth-order valence-electron chi connectivity index (χ4n) is 2.03. The Morgan fingerprint density at radius 1 is 1.33 bits per heavy atom. The standard InChI is InChI=1S/C10H11BrN6O/c1-3-4-16-7-6(13-9(11)14-7)8-12-5(2)15-17(8)10(16)18/h3-4H2,1-2H3,(H,13,14). The van der Waals surface area contributed by atoms with Gasteiger partial charge in [-0.05, 0) is 29.3 Å². The highest BCUT2D eigenvalue weighted by Crippen LogP contribution is 2.17. The molecule has 0 aliphatic rings. The summed E-state index contributed by atoms with van der Waals surface area (Å²) in [6.07, 6.45) is 0.846. The van der Waals surface area contributed by atoms with Crippen LogP contribution in [0.5, 0.6) is 0 Å². The average molecular weight is 311 g/mol. The number of imidazole rings is 1. The third-order valence-corrected chi connectivity index (χ3v) is 3.08. The molecule has 0 saturated heterocycles. The summed E-state index contributed by atoms with van der Waals surface area (Å²) in [5, 5.41) is 4.12. The molecule has 0 unspecified atom stereocenters. The van der Waals surface area contributed by atoms with Crippen LogP contribution in [0.3, 0.4) is 0 Å². The molecule has 1 N–H and O–H groups in total.